The van der Waals surface area contributed by atoms with Gasteiger partial charge >= 0.3 is 6.18 Å². The fourth-order valence-electron chi connectivity index (χ4n) is 15.3. The Bertz CT molecular complexity index is 3120. The average Bonchev–Trinajstić information content (AvgIpc) is 1.45. The van der Waals surface area contributed by atoms with Gasteiger partial charge < -0.3 is 64.8 Å². The van der Waals surface area contributed by atoms with E-state index in [2.05, 4.69) is 16.0 Å². The quantitative estimate of drug-likeness (QED) is 0.256. The standard InChI is InChI=1S/C71H108ClF3N12O13/c1-12-45(4)60-67(97)81(7)41-58(90)79(5)42-59(91)83(9)54(38-46-22-15-13-16-23-46)65(95)80(6)40-56(88)76-51(30-28-47-27-29-49(50(72)37-47)71(73,74)75)64(94)87-33-21-26-52(87)63(93)78-70(31-19-20-32-70)69(99)85(11)61(48-24-17-14-18-25-48)68(98)84(10)55(66(96)86-34-35-100-43-86)39-57(89)82(8)53(36-44(2)3)62(92)77-60/h27,29,37,44-46,48,51-55,60-61H,12-26,28,30-36,38-43H2,1-11H3,(H,76,88)(H,77,92)(H,78,93)/t45-,51-,52-,53-,54-,55-,60-,61-/m0/s1. The zero-order valence-corrected chi connectivity index (χ0v) is 61.2. The fourth-order valence-corrected chi connectivity index (χ4v) is 15.6. The molecule has 0 unspecified atom stereocenters. The summed E-state index contributed by atoms with van der Waals surface area (Å²) in [6.45, 7) is 5.86. The van der Waals surface area contributed by atoms with E-state index in [1.807, 2.05) is 20.8 Å². The predicted molar refractivity (Wildman–Crippen MR) is 366 cm³/mol. The Balaban J connectivity index is 1.28. The molecule has 1 spiro atoms. The number of carbonyl (C=O) groups excluding carboxylic acids is 12. The van der Waals surface area contributed by atoms with Gasteiger partial charge in [-0.25, -0.2) is 0 Å². The summed E-state index contributed by atoms with van der Waals surface area (Å²) in [7, 11) is 9.90. The Kier molecular flexibility index (Phi) is 28.6. The number of hydrogen-bond acceptors (Lipinski definition) is 13. The SMILES string of the molecule is CC[C@H](C)[C@@H]1NC(=O)[C@H](CC(C)C)N(C)C(=O)C[C@@H](C(=O)N2CCOC2)N(C)C(=O)[C@H](C2CCCCC2)N(C)C(=O)C2(CCCC2)NC(=O)[C@@H]2CCCN2C(=O)[C@H](CCc2ccc(C(F)(F)F)c(Cl)c2)NC(=O)CN(C)C(=O)[C@H](CC2CCCCC2)N(C)C(=O)CN(C)C(=O)CN(C)C1=O. The third-order valence-electron chi connectivity index (χ3n) is 21.7. The molecule has 3 saturated carbocycles. The summed E-state index contributed by atoms with van der Waals surface area (Å²) in [5.41, 5.74) is -2.36. The maximum atomic E-state index is 15.7. The first-order valence-corrected chi connectivity index (χ1v) is 36.3. The largest absolute Gasteiger partial charge is 0.417 e. The van der Waals surface area contributed by atoms with Crippen molar-refractivity contribution >= 4 is 82.5 Å². The first-order chi connectivity index (χ1) is 47.2. The van der Waals surface area contributed by atoms with Gasteiger partial charge in [0.15, 0.2) is 0 Å². The highest BCUT2D eigenvalue weighted by Crippen LogP contribution is 2.38. The highest BCUT2D eigenvalue weighted by Gasteiger charge is 2.52. The number of hydrogen-bond donors (Lipinski definition) is 3. The van der Waals surface area contributed by atoms with Crippen LogP contribution in [0, 0.1) is 23.7 Å². The number of benzene rings is 1. The lowest BCUT2D eigenvalue weighted by molar-refractivity contribution is -0.157. The van der Waals surface area contributed by atoms with Crippen molar-refractivity contribution in [2.24, 2.45) is 23.7 Å². The Morgan fingerprint density at radius 2 is 1.28 bits per heavy atom. The zero-order chi connectivity index (χ0) is 73.7. The summed E-state index contributed by atoms with van der Waals surface area (Å²) in [5.74, 6) is -9.05. The highest BCUT2D eigenvalue weighted by molar-refractivity contribution is 6.31. The van der Waals surface area contributed by atoms with Crippen LogP contribution in [0.1, 0.15) is 174 Å². The van der Waals surface area contributed by atoms with Gasteiger partial charge in [-0.1, -0.05) is 116 Å². The van der Waals surface area contributed by atoms with Gasteiger partial charge in [0.25, 0.3) is 0 Å². The van der Waals surface area contributed by atoms with Crippen LogP contribution >= 0.6 is 11.6 Å². The van der Waals surface area contributed by atoms with Crippen molar-refractivity contribution in [1.82, 2.24) is 60.0 Å². The van der Waals surface area contributed by atoms with Gasteiger partial charge in [0.2, 0.25) is 70.9 Å². The number of halogens is 4. The molecule has 29 heteroatoms. The number of amides is 12. The molecule has 100 heavy (non-hydrogen) atoms. The lowest BCUT2D eigenvalue weighted by Gasteiger charge is -2.43. The Morgan fingerprint density at radius 3 is 1.88 bits per heavy atom. The number of rotatable bonds is 11. The summed E-state index contributed by atoms with van der Waals surface area (Å²) >= 11 is 6.16. The van der Waals surface area contributed by atoms with Gasteiger partial charge in [0, 0.05) is 62.4 Å². The van der Waals surface area contributed by atoms with Gasteiger partial charge in [-0.3, -0.25) is 57.5 Å². The molecule has 3 N–H and O–H groups in total. The van der Waals surface area contributed by atoms with Crippen molar-refractivity contribution in [3.63, 3.8) is 0 Å². The smallest absolute Gasteiger partial charge is 0.359 e. The number of ether oxygens (including phenoxy) is 1. The summed E-state index contributed by atoms with van der Waals surface area (Å²) in [4.78, 5) is 190. The molecule has 0 aromatic heterocycles. The van der Waals surface area contributed by atoms with Crippen molar-refractivity contribution in [2.75, 3.05) is 95.4 Å². The van der Waals surface area contributed by atoms with Gasteiger partial charge in [-0.05, 0) is 106 Å². The van der Waals surface area contributed by atoms with Crippen molar-refractivity contribution in [3.05, 3.63) is 34.3 Å². The number of fused-ring (bicyclic) bond motifs is 1. The number of likely N-dealkylation sites (N-methyl/N-ethyl adjacent to an activating group) is 7. The maximum Gasteiger partial charge on any atom is 0.417 e. The molecule has 3 aliphatic carbocycles. The topological polar surface area (TPSA) is 279 Å². The summed E-state index contributed by atoms with van der Waals surface area (Å²) in [6, 6.07) is -5.69. The molecule has 3 heterocycles. The summed E-state index contributed by atoms with van der Waals surface area (Å²) in [5, 5.41) is 8.14. The highest BCUT2D eigenvalue weighted by atomic mass is 35.5. The van der Waals surface area contributed by atoms with E-state index in [9.17, 15) is 46.7 Å². The average molecular weight is 1430 g/mol. The van der Waals surface area contributed by atoms with Crippen molar-refractivity contribution in [3.8, 4) is 0 Å². The zero-order valence-electron chi connectivity index (χ0n) is 60.4. The van der Waals surface area contributed by atoms with Crippen molar-refractivity contribution < 1.29 is 75.4 Å². The maximum absolute atomic E-state index is 15.7. The van der Waals surface area contributed by atoms with E-state index < -0.39 is 173 Å². The number of nitrogens with one attached hydrogen (secondary N) is 3. The first kappa shape index (κ1) is 80.2. The number of carbonyl (C=O) groups is 12. The molecule has 8 atom stereocenters. The third kappa shape index (κ3) is 19.9. The van der Waals surface area contributed by atoms with E-state index in [0.29, 0.717) is 44.1 Å². The lowest BCUT2D eigenvalue weighted by Crippen LogP contribution is -2.65. The van der Waals surface area contributed by atoms with Crippen molar-refractivity contribution in [2.45, 2.75) is 223 Å². The van der Waals surface area contributed by atoms with Crippen LogP contribution in [-0.2, 0) is 74.9 Å². The van der Waals surface area contributed by atoms with E-state index in [4.69, 9.17) is 16.3 Å². The van der Waals surface area contributed by atoms with Crippen LogP contribution in [0.25, 0.3) is 0 Å². The normalized spacial score (nSPS) is 26.8. The monoisotopic (exact) mass is 1430 g/mol. The number of nitrogens with zero attached hydrogens (tertiary/aromatic N) is 9. The minimum absolute atomic E-state index is 0.0164. The molecule has 0 bridgehead atoms. The number of alkyl halides is 3. The van der Waals surface area contributed by atoms with E-state index in [1.165, 1.54) is 84.8 Å². The van der Waals surface area contributed by atoms with E-state index in [-0.39, 0.29) is 83.2 Å². The van der Waals surface area contributed by atoms with Crippen LogP contribution in [0.2, 0.25) is 5.02 Å². The molecule has 0 radical (unpaired) electrons. The van der Waals surface area contributed by atoms with E-state index in [1.54, 1.807) is 6.92 Å². The molecular formula is C71H108ClF3N12O13. The van der Waals surface area contributed by atoms with Gasteiger partial charge in [-0.15, -0.1) is 0 Å². The first-order valence-electron chi connectivity index (χ1n) is 35.9. The Hall–Kier alpha value is -7.10. The van der Waals surface area contributed by atoms with Crippen LogP contribution in [0.4, 0.5) is 13.2 Å². The second kappa shape index (κ2) is 35.7. The van der Waals surface area contributed by atoms with Crippen LogP contribution in [0.5, 0.6) is 0 Å². The minimum atomic E-state index is -4.76. The van der Waals surface area contributed by atoms with Gasteiger partial charge in [0.1, 0.15) is 54.6 Å². The molecule has 6 aliphatic rings. The summed E-state index contributed by atoms with van der Waals surface area (Å²) < 4.78 is 47.2. The number of aryl methyl sites for hydroxylation is 1. The second-order valence-corrected chi connectivity index (χ2v) is 29.8. The van der Waals surface area contributed by atoms with Crippen LogP contribution in [0.3, 0.4) is 0 Å². The van der Waals surface area contributed by atoms with Crippen LogP contribution < -0.4 is 16.0 Å². The van der Waals surface area contributed by atoms with Crippen molar-refractivity contribution in [1.29, 1.82) is 0 Å². The Labute approximate surface area is 591 Å². The minimum Gasteiger partial charge on any atom is -0.359 e. The third-order valence-corrected chi connectivity index (χ3v) is 22.1. The van der Waals surface area contributed by atoms with E-state index >= 15 is 24.0 Å². The van der Waals surface area contributed by atoms with Crippen LogP contribution in [0.15, 0.2) is 18.2 Å². The van der Waals surface area contributed by atoms with Crippen LogP contribution in [-0.4, -0.2) is 258 Å². The molecule has 25 nitrogen and oxygen atoms in total. The molecule has 3 saturated heterocycles. The Morgan fingerprint density at radius 1 is 0.660 bits per heavy atom. The predicted octanol–water partition coefficient (Wildman–Crippen LogP) is 5.23. The molecule has 1 aromatic carbocycles. The molecular weight excluding hydrogens is 1320 g/mol. The molecule has 3 aliphatic heterocycles. The molecule has 558 valence electrons. The second-order valence-electron chi connectivity index (χ2n) is 29.4. The van der Waals surface area contributed by atoms with E-state index in [0.717, 1.165) is 78.2 Å². The molecule has 1 aromatic rings. The van der Waals surface area contributed by atoms with Gasteiger partial charge in [-0.2, -0.15) is 13.2 Å². The molecule has 7 rings (SSSR count). The molecule has 12 amide bonds. The summed E-state index contributed by atoms with van der Waals surface area (Å²) in [6.07, 6.45) is 4.60. The van der Waals surface area contributed by atoms with Gasteiger partial charge in [0.05, 0.1) is 43.2 Å². The fraction of sp³-hybridized carbons (Fsp3) is 0.746. The lowest BCUT2D eigenvalue weighted by atomic mass is 9.81. The molecule has 6 fully saturated rings.